The van der Waals surface area contributed by atoms with Crippen LogP contribution in [0.3, 0.4) is 0 Å². The second kappa shape index (κ2) is 6.20. The van der Waals surface area contributed by atoms with Crippen molar-refractivity contribution in [1.29, 1.82) is 0 Å². The molecule has 6 heteroatoms. The first-order valence-electron chi connectivity index (χ1n) is 7.35. The van der Waals surface area contributed by atoms with E-state index in [1.807, 2.05) is 20.8 Å². The highest BCUT2D eigenvalue weighted by Crippen LogP contribution is 2.25. The third-order valence-corrected chi connectivity index (χ3v) is 3.45. The van der Waals surface area contributed by atoms with E-state index in [1.54, 1.807) is 12.3 Å². The minimum Gasteiger partial charge on any atom is -0.383 e. The molecule has 0 fully saturated rings. The SMILES string of the molecule is CC(C)(C)c1nccc(NCC(C)(O)c2ccc(F)cc2F)n1. The van der Waals surface area contributed by atoms with E-state index >= 15 is 0 Å². The first-order valence-corrected chi connectivity index (χ1v) is 7.35. The number of halogens is 2. The van der Waals surface area contributed by atoms with Gasteiger partial charge in [-0.2, -0.15) is 0 Å². The summed E-state index contributed by atoms with van der Waals surface area (Å²) < 4.78 is 26.8. The largest absolute Gasteiger partial charge is 0.383 e. The van der Waals surface area contributed by atoms with Crippen molar-refractivity contribution in [2.45, 2.75) is 38.7 Å². The summed E-state index contributed by atoms with van der Waals surface area (Å²) in [4.78, 5) is 8.61. The highest BCUT2D eigenvalue weighted by Gasteiger charge is 2.27. The van der Waals surface area contributed by atoms with Gasteiger partial charge in [-0.15, -0.1) is 0 Å². The molecule has 0 bridgehead atoms. The second-order valence-corrected chi connectivity index (χ2v) is 6.77. The van der Waals surface area contributed by atoms with Crippen LogP contribution in [-0.4, -0.2) is 21.6 Å². The second-order valence-electron chi connectivity index (χ2n) is 6.77. The maximum atomic E-state index is 13.8. The maximum absolute atomic E-state index is 13.8. The number of aliphatic hydroxyl groups is 1. The van der Waals surface area contributed by atoms with Gasteiger partial charge in [0.2, 0.25) is 0 Å². The van der Waals surface area contributed by atoms with E-state index in [1.165, 1.54) is 13.0 Å². The third kappa shape index (κ3) is 4.22. The van der Waals surface area contributed by atoms with Crippen LogP contribution in [0.5, 0.6) is 0 Å². The third-order valence-electron chi connectivity index (χ3n) is 3.45. The summed E-state index contributed by atoms with van der Waals surface area (Å²) in [7, 11) is 0. The number of rotatable bonds is 4. The summed E-state index contributed by atoms with van der Waals surface area (Å²) in [5.41, 5.74) is -1.69. The molecule has 1 atom stereocenters. The molecule has 0 saturated heterocycles. The van der Waals surface area contributed by atoms with Crippen molar-refractivity contribution in [3.05, 3.63) is 53.5 Å². The Morgan fingerprint density at radius 1 is 1.13 bits per heavy atom. The van der Waals surface area contributed by atoms with E-state index in [0.29, 0.717) is 11.6 Å². The standard InChI is InChI=1S/C17H21F2N3O/c1-16(2,3)15-20-8-7-14(22-15)21-10-17(4,23)12-6-5-11(18)9-13(12)19/h5-9,23H,10H2,1-4H3,(H,20,21,22). The van der Waals surface area contributed by atoms with E-state index in [-0.39, 0.29) is 17.5 Å². The molecule has 0 saturated carbocycles. The zero-order valence-corrected chi connectivity index (χ0v) is 13.7. The molecule has 1 aromatic heterocycles. The Labute approximate surface area is 134 Å². The summed E-state index contributed by atoms with van der Waals surface area (Å²) in [6.07, 6.45) is 1.63. The molecule has 0 aliphatic rings. The molecule has 0 radical (unpaired) electrons. The zero-order valence-electron chi connectivity index (χ0n) is 13.7. The van der Waals surface area contributed by atoms with Crippen molar-refractivity contribution in [2.24, 2.45) is 0 Å². The van der Waals surface area contributed by atoms with Crippen LogP contribution in [0.2, 0.25) is 0 Å². The van der Waals surface area contributed by atoms with Gasteiger partial charge in [0.05, 0.1) is 0 Å². The Bertz CT molecular complexity index is 696. The number of anilines is 1. The van der Waals surface area contributed by atoms with E-state index in [0.717, 1.165) is 12.1 Å². The Balaban J connectivity index is 2.16. The molecule has 2 aromatic rings. The van der Waals surface area contributed by atoms with Crippen LogP contribution < -0.4 is 5.32 Å². The molecule has 2 rings (SSSR count). The summed E-state index contributed by atoms with van der Waals surface area (Å²) in [5, 5.41) is 13.5. The molecule has 2 N–H and O–H groups in total. The van der Waals surface area contributed by atoms with Crippen molar-refractivity contribution < 1.29 is 13.9 Å². The van der Waals surface area contributed by atoms with Gasteiger partial charge in [-0.25, -0.2) is 18.7 Å². The Morgan fingerprint density at radius 3 is 2.43 bits per heavy atom. The number of benzene rings is 1. The van der Waals surface area contributed by atoms with Crippen LogP contribution in [0.25, 0.3) is 0 Å². The number of nitrogens with zero attached hydrogens (tertiary/aromatic N) is 2. The van der Waals surface area contributed by atoms with Gasteiger partial charge in [0.25, 0.3) is 0 Å². The van der Waals surface area contributed by atoms with Gasteiger partial charge in [0.15, 0.2) is 0 Å². The Kier molecular flexibility index (Phi) is 4.66. The molecule has 4 nitrogen and oxygen atoms in total. The first kappa shape index (κ1) is 17.3. The van der Waals surface area contributed by atoms with Gasteiger partial charge in [-0.05, 0) is 19.1 Å². The van der Waals surface area contributed by atoms with E-state index < -0.39 is 17.2 Å². The number of hydrogen-bond acceptors (Lipinski definition) is 4. The van der Waals surface area contributed by atoms with E-state index in [4.69, 9.17) is 0 Å². The molecule has 1 unspecified atom stereocenters. The quantitative estimate of drug-likeness (QED) is 0.906. The first-order chi connectivity index (χ1) is 10.6. The lowest BCUT2D eigenvalue weighted by Crippen LogP contribution is -2.32. The van der Waals surface area contributed by atoms with Crippen molar-refractivity contribution in [1.82, 2.24) is 9.97 Å². The highest BCUT2D eigenvalue weighted by molar-refractivity contribution is 5.36. The Hall–Kier alpha value is -2.08. The molecule has 124 valence electrons. The van der Waals surface area contributed by atoms with Crippen molar-refractivity contribution >= 4 is 5.82 Å². The average Bonchev–Trinajstić information content (AvgIpc) is 2.44. The zero-order chi connectivity index (χ0) is 17.3. The minimum absolute atomic E-state index is 0.0240. The van der Waals surface area contributed by atoms with Crippen molar-refractivity contribution in [2.75, 3.05) is 11.9 Å². The maximum Gasteiger partial charge on any atom is 0.135 e. The van der Waals surface area contributed by atoms with Gasteiger partial charge in [-0.1, -0.05) is 26.8 Å². The van der Waals surface area contributed by atoms with Crippen molar-refractivity contribution in [3.8, 4) is 0 Å². The number of aromatic nitrogens is 2. The summed E-state index contributed by atoms with van der Waals surface area (Å²) in [6, 6.07) is 4.79. The molecular weight excluding hydrogens is 300 g/mol. The predicted octanol–water partition coefficient (Wildman–Crippen LogP) is 3.37. The molecular formula is C17H21F2N3O. The van der Waals surface area contributed by atoms with Gasteiger partial charge in [0.1, 0.15) is 28.9 Å². The number of hydrogen-bond donors (Lipinski definition) is 2. The van der Waals surface area contributed by atoms with Gasteiger partial charge in [-0.3, -0.25) is 0 Å². The summed E-state index contributed by atoms with van der Waals surface area (Å²) >= 11 is 0. The predicted molar refractivity (Wildman–Crippen MR) is 85.2 cm³/mol. The smallest absolute Gasteiger partial charge is 0.135 e. The van der Waals surface area contributed by atoms with Crippen LogP contribution in [-0.2, 0) is 11.0 Å². The van der Waals surface area contributed by atoms with Gasteiger partial charge >= 0.3 is 0 Å². The van der Waals surface area contributed by atoms with Crippen LogP contribution in [0, 0.1) is 11.6 Å². The lowest BCUT2D eigenvalue weighted by atomic mass is 9.95. The molecule has 23 heavy (non-hydrogen) atoms. The van der Waals surface area contributed by atoms with Crippen LogP contribution in [0.1, 0.15) is 39.1 Å². The van der Waals surface area contributed by atoms with Crippen LogP contribution in [0.4, 0.5) is 14.6 Å². The van der Waals surface area contributed by atoms with Gasteiger partial charge in [0, 0.05) is 29.8 Å². The molecule has 0 spiro atoms. The van der Waals surface area contributed by atoms with Crippen LogP contribution >= 0.6 is 0 Å². The Morgan fingerprint density at radius 2 is 1.83 bits per heavy atom. The fraction of sp³-hybridized carbons (Fsp3) is 0.412. The summed E-state index contributed by atoms with van der Waals surface area (Å²) in [6.45, 7) is 7.47. The summed E-state index contributed by atoms with van der Waals surface area (Å²) in [5.74, 6) is -0.265. The van der Waals surface area contributed by atoms with E-state index in [9.17, 15) is 13.9 Å². The molecule has 1 heterocycles. The van der Waals surface area contributed by atoms with Gasteiger partial charge < -0.3 is 10.4 Å². The topological polar surface area (TPSA) is 58.0 Å². The molecule has 1 aromatic carbocycles. The molecule has 0 aliphatic heterocycles. The monoisotopic (exact) mass is 321 g/mol. The number of nitrogens with one attached hydrogen (secondary N) is 1. The normalized spacial score (nSPS) is 14.4. The molecule has 0 aliphatic carbocycles. The minimum atomic E-state index is -1.51. The van der Waals surface area contributed by atoms with Crippen LogP contribution in [0.15, 0.2) is 30.5 Å². The lowest BCUT2D eigenvalue weighted by Gasteiger charge is -2.25. The molecule has 0 amide bonds. The highest BCUT2D eigenvalue weighted by atomic mass is 19.1. The van der Waals surface area contributed by atoms with E-state index in [2.05, 4.69) is 15.3 Å². The fourth-order valence-electron chi connectivity index (χ4n) is 2.10. The van der Waals surface area contributed by atoms with Crippen molar-refractivity contribution in [3.63, 3.8) is 0 Å². The lowest BCUT2D eigenvalue weighted by molar-refractivity contribution is 0.0673. The fourth-order valence-corrected chi connectivity index (χ4v) is 2.10. The average molecular weight is 321 g/mol.